The molecule has 0 nitrogen and oxygen atoms in total. The zero-order valence-corrected chi connectivity index (χ0v) is 34.4. The maximum atomic E-state index is 4.93. The Bertz CT molecular complexity index is 1200. The topological polar surface area (TPSA) is 0 Å². The second-order valence-electron chi connectivity index (χ2n) is 11.0. The first-order chi connectivity index (χ1) is 17.3. The number of hydrogen-bond donors (Lipinski definition) is 0. The van der Waals surface area contributed by atoms with Crippen LogP contribution in [0.5, 0.6) is 0 Å². The first-order valence-corrected chi connectivity index (χ1v) is 19.2. The summed E-state index contributed by atoms with van der Waals surface area (Å²) in [7, 11) is 9.87. The molecule has 3 aliphatic carbocycles. The molecule has 0 atom stereocenters. The van der Waals surface area contributed by atoms with E-state index in [-0.39, 0.29) is 69.3 Å². The van der Waals surface area contributed by atoms with Gasteiger partial charge in [0, 0.05) is 10.8 Å². The monoisotopic (exact) mass is 785 g/mol. The fourth-order valence-electron chi connectivity index (χ4n) is 5.60. The van der Waals surface area contributed by atoms with E-state index in [4.69, 9.17) is 17.0 Å². The van der Waals surface area contributed by atoms with Gasteiger partial charge in [-0.2, -0.15) is 23.6 Å². The van der Waals surface area contributed by atoms with E-state index in [1.165, 1.54) is 44.2 Å². The Balaban J connectivity index is -0.000000572. The van der Waals surface area contributed by atoms with Crippen LogP contribution in [0.2, 0.25) is 0 Å². The zero-order valence-electron chi connectivity index (χ0n) is 26.5. The average Bonchev–Trinajstić information content (AvgIpc) is 3.64. The Morgan fingerprint density at radius 1 is 0.756 bits per heavy atom. The van der Waals surface area contributed by atoms with Gasteiger partial charge in [0.25, 0.3) is 0 Å². The quantitative estimate of drug-likeness (QED) is 0.308. The molecule has 221 valence electrons. The molecule has 41 heavy (non-hydrogen) atoms. The van der Waals surface area contributed by atoms with Gasteiger partial charge in [-0.25, -0.2) is 12.2 Å². The molecule has 0 saturated heterocycles. The minimum atomic E-state index is -0.826. The summed E-state index contributed by atoms with van der Waals surface area (Å²) in [6, 6.07) is 14.7. The molecule has 2 aromatic rings. The van der Waals surface area contributed by atoms with E-state index in [9.17, 15) is 0 Å². The molecular formula is C35H45Cl4Zr2. The van der Waals surface area contributed by atoms with Crippen molar-refractivity contribution in [2.24, 2.45) is 10.8 Å². The number of halogens is 4. The van der Waals surface area contributed by atoms with Crippen LogP contribution in [0.3, 0.4) is 0 Å². The third-order valence-electron chi connectivity index (χ3n) is 8.51. The predicted octanol–water partition coefficient (Wildman–Crippen LogP) is 6.07. The largest absolute Gasteiger partial charge is 3.00 e. The van der Waals surface area contributed by atoms with Crippen LogP contribution in [-0.4, -0.2) is 0 Å². The Kier molecular flexibility index (Phi) is 22.6. The van der Waals surface area contributed by atoms with Gasteiger partial charge < -0.3 is 32.2 Å². The van der Waals surface area contributed by atoms with Crippen LogP contribution in [0, 0.1) is 24.3 Å². The standard InChI is InChI=1S/C20H30.C9H7.C5H5.CH3.4ClH.2Zr/c1-11-13(3)17(19(7,8)15(11)5)18-14(4)12(2)16(6)20(18,9)10;1-2-5-9-7-3-6-8(9)4-1;1-2-4-5-3-1;;;;;;;/h1-10H3;1-7H;1-3H,4H2;1H3;4*1H;;/q;3*-1;;;;;+3;+4/p-4. The first-order valence-electron chi connectivity index (χ1n) is 12.9. The van der Waals surface area contributed by atoms with Gasteiger partial charge in [-0.05, 0) is 75.0 Å². The Hall–Kier alpha value is 0.196. The molecule has 0 aliphatic heterocycles. The molecule has 5 rings (SSSR count). The molecule has 0 saturated carbocycles. The summed E-state index contributed by atoms with van der Waals surface area (Å²) in [5.74, 6) is 0. The van der Waals surface area contributed by atoms with Gasteiger partial charge >= 0.3 is 64.1 Å². The van der Waals surface area contributed by atoms with Gasteiger partial charge in [-0.15, -0.1) is 36.1 Å². The van der Waals surface area contributed by atoms with E-state index < -0.39 is 20.8 Å². The van der Waals surface area contributed by atoms with Crippen LogP contribution in [-0.2, 0) is 47.1 Å². The maximum absolute atomic E-state index is 4.93. The van der Waals surface area contributed by atoms with Crippen LogP contribution in [0.1, 0.15) is 75.7 Å². The fraction of sp³-hybridized carbons (Fsp3) is 0.371. The van der Waals surface area contributed by atoms with Crippen molar-refractivity contribution in [3.05, 3.63) is 119 Å². The van der Waals surface area contributed by atoms with Crippen molar-refractivity contribution in [3.63, 3.8) is 0 Å². The summed E-state index contributed by atoms with van der Waals surface area (Å²) < 4.78 is 0. The molecule has 0 amide bonds. The molecule has 0 N–H and O–H groups in total. The number of allylic oxidation sites excluding steroid dienone is 12. The normalized spacial score (nSPS) is 17.1. The van der Waals surface area contributed by atoms with Crippen molar-refractivity contribution in [1.29, 1.82) is 0 Å². The fourth-order valence-corrected chi connectivity index (χ4v) is 5.60. The number of benzene rings is 1. The van der Waals surface area contributed by atoms with Crippen molar-refractivity contribution < 1.29 is 71.9 Å². The van der Waals surface area contributed by atoms with E-state index in [0.29, 0.717) is 0 Å². The average molecular weight is 790 g/mol. The molecule has 6 heteroatoms. The van der Waals surface area contributed by atoms with E-state index in [0.717, 1.165) is 6.42 Å². The first kappa shape index (κ1) is 45.6. The summed E-state index contributed by atoms with van der Waals surface area (Å²) in [6.45, 7) is 23.3. The zero-order chi connectivity index (χ0) is 28.0. The smallest absolute Gasteiger partial charge is 0.168 e. The summed E-state index contributed by atoms with van der Waals surface area (Å²) in [5, 5.41) is 2.66. The second kappa shape index (κ2) is 20.3. The number of hydrogen-bond acceptors (Lipinski definition) is 0. The molecule has 0 fully saturated rings. The third kappa shape index (κ3) is 10.7. The van der Waals surface area contributed by atoms with Crippen LogP contribution < -0.4 is 24.8 Å². The molecule has 0 unspecified atom stereocenters. The van der Waals surface area contributed by atoms with Gasteiger partial charge in [0.2, 0.25) is 0 Å². The molecule has 0 spiro atoms. The molecule has 1 radical (unpaired) electrons. The minimum Gasteiger partial charge on any atom is -0.168 e. The van der Waals surface area contributed by atoms with Gasteiger partial charge in [0.05, 0.1) is 0 Å². The van der Waals surface area contributed by atoms with Crippen LogP contribution in [0.25, 0.3) is 10.8 Å². The van der Waals surface area contributed by atoms with E-state index in [2.05, 4.69) is 124 Å². The van der Waals surface area contributed by atoms with E-state index in [1.807, 2.05) is 12.2 Å². The number of fused-ring (bicyclic) bond motifs is 1. The van der Waals surface area contributed by atoms with Crippen molar-refractivity contribution >= 4 is 27.8 Å². The maximum Gasteiger partial charge on any atom is 3.00 e. The molecule has 2 aromatic carbocycles. The molecule has 3 aliphatic rings. The van der Waals surface area contributed by atoms with Gasteiger partial charge in [-0.1, -0.05) is 44.9 Å². The molecular weight excluding hydrogens is 745 g/mol. The summed E-state index contributed by atoms with van der Waals surface area (Å²) in [6.07, 6.45) is 10.0. The number of rotatable bonds is 1. The van der Waals surface area contributed by atoms with E-state index in [1.54, 1.807) is 11.1 Å². The summed E-state index contributed by atoms with van der Waals surface area (Å²) in [4.78, 5) is 0. The predicted molar refractivity (Wildman–Crippen MR) is 169 cm³/mol. The van der Waals surface area contributed by atoms with Crippen LogP contribution in [0.15, 0.2) is 105 Å². The van der Waals surface area contributed by atoms with Crippen molar-refractivity contribution in [2.45, 2.75) is 75.7 Å². The van der Waals surface area contributed by atoms with Gasteiger partial charge in [0.1, 0.15) is 0 Å². The van der Waals surface area contributed by atoms with Crippen LogP contribution >= 0.6 is 17.0 Å². The Morgan fingerprint density at radius 2 is 1.20 bits per heavy atom. The Labute approximate surface area is 301 Å². The Morgan fingerprint density at radius 3 is 1.49 bits per heavy atom. The van der Waals surface area contributed by atoms with Crippen molar-refractivity contribution in [3.8, 4) is 0 Å². The summed E-state index contributed by atoms with van der Waals surface area (Å²) >= 11 is -0.826. The van der Waals surface area contributed by atoms with Crippen molar-refractivity contribution in [1.82, 2.24) is 0 Å². The van der Waals surface area contributed by atoms with Crippen LogP contribution in [0.4, 0.5) is 0 Å². The van der Waals surface area contributed by atoms with E-state index >= 15 is 0 Å². The molecule has 0 bridgehead atoms. The second-order valence-corrected chi connectivity index (χ2v) is 14.7. The SMILES string of the molecule is CC1=C(C)C(C)(C)C(C2=C(C)C(C)=C(C)C2(C)C)=C1C.[C-]1=CC=CC1.[CH3-].[Cl-].[Cl-].[Cl][Zr+2][Cl].[Zr+3].c1ccc2[cH-]ccc2c1. The minimum absolute atomic E-state index is 0. The van der Waals surface area contributed by atoms with Gasteiger partial charge in [-0.3, -0.25) is 6.08 Å². The van der Waals surface area contributed by atoms with Crippen molar-refractivity contribution in [2.75, 3.05) is 0 Å². The third-order valence-corrected chi connectivity index (χ3v) is 8.51. The van der Waals surface area contributed by atoms with Gasteiger partial charge in [0.15, 0.2) is 0 Å². The summed E-state index contributed by atoms with van der Waals surface area (Å²) in [5.41, 5.74) is 12.5. The molecule has 0 aromatic heterocycles. The molecule has 0 heterocycles.